The van der Waals surface area contributed by atoms with Gasteiger partial charge in [-0.2, -0.15) is 0 Å². The molecule has 0 saturated carbocycles. The van der Waals surface area contributed by atoms with Crippen LogP contribution in [0.1, 0.15) is 31.4 Å². The lowest BCUT2D eigenvalue weighted by atomic mass is 10.1. The van der Waals surface area contributed by atoms with Crippen LogP contribution in [0.4, 0.5) is 10.1 Å². The second kappa shape index (κ2) is 11.9. The molecule has 2 saturated heterocycles. The minimum atomic E-state index is -0.252. The van der Waals surface area contributed by atoms with Gasteiger partial charge in [0.1, 0.15) is 11.5 Å². The number of piperazine rings is 1. The average Bonchev–Trinajstić information content (AvgIpc) is 3.10. The molecule has 200 valence electrons. The molecular formula is C28H38FN5O3. The van der Waals surface area contributed by atoms with Crippen LogP contribution in [0.5, 0.6) is 5.88 Å². The van der Waals surface area contributed by atoms with Crippen LogP contribution >= 0.6 is 0 Å². The molecule has 3 aliphatic heterocycles. The first-order chi connectivity index (χ1) is 18.0. The maximum Gasteiger partial charge on any atom is 0.241 e. The van der Waals surface area contributed by atoms with Crippen molar-refractivity contribution in [2.75, 3.05) is 64.0 Å². The van der Waals surface area contributed by atoms with E-state index in [1.54, 1.807) is 18.3 Å². The van der Waals surface area contributed by atoms with Crippen molar-refractivity contribution in [3.63, 3.8) is 0 Å². The Hall–Kier alpha value is -2.59. The van der Waals surface area contributed by atoms with E-state index >= 15 is 0 Å². The minimum absolute atomic E-state index is 0.0709. The monoisotopic (exact) mass is 511 g/mol. The molecule has 2 aromatic rings. The first-order valence-corrected chi connectivity index (χ1v) is 13.4. The van der Waals surface area contributed by atoms with Gasteiger partial charge in [-0.1, -0.05) is 12.1 Å². The summed E-state index contributed by atoms with van der Waals surface area (Å²) in [6, 6.07) is 9.46. The third-order valence-corrected chi connectivity index (χ3v) is 7.58. The zero-order chi connectivity index (χ0) is 25.8. The smallest absolute Gasteiger partial charge is 0.241 e. The van der Waals surface area contributed by atoms with E-state index in [1.165, 1.54) is 12.1 Å². The van der Waals surface area contributed by atoms with Crippen LogP contribution in [0.15, 0.2) is 36.5 Å². The highest BCUT2D eigenvalue weighted by Crippen LogP contribution is 2.31. The van der Waals surface area contributed by atoms with Crippen molar-refractivity contribution in [1.29, 1.82) is 0 Å². The van der Waals surface area contributed by atoms with Gasteiger partial charge < -0.3 is 19.7 Å². The predicted molar refractivity (Wildman–Crippen MR) is 141 cm³/mol. The molecule has 0 bridgehead atoms. The third-order valence-electron chi connectivity index (χ3n) is 7.58. The van der Waals surface area contributed by atoms with Crippen LogP contribution in [0.3, 0.4) is 0 Å². The summed E-state index contributed by atoms with van der Waals surface area (Å²) >= 11 is 0. The average molecular weight is 512 g/mol. The second-order valence-electron chi connectivity index (χ2n) is 10.5. The number of hydrogen-bond donors (Lipinski definition) is 1. The van der Waals surface area contributed by atoms with E-state index in [-0.39, 0.29) is 17.8 Å². The Kier molecular flexibility index (Phi) is 8.34. The summed E-state index contributed by atoms with van der Waals surface area (Å²) in [6.07, 6.45) is 3.15. The molecule has 5 rings (SSSR count). The van der Waals surface area contributed by atoms with Crippen molar-refractivity contribution in [1.82, 2.24) is 20.1 Å². The van der Waals surface area contributed by atoms with Crippen LogP contribution in [0.25, 0.3) is 0 Å². The van der Waals surface area contributed by atoms with Crippen molar-refractivity contribution in [2.45, 2.75) is 44.8 Å². The van der Waals surface area contributed by atoms with Gasteiger partial charge in [-0.25, -0.2) is 9.37 Å². The molecule has 0 aliphatic carbocycles. The van der Waals surface area contributed by atoms with Crippen LogP contribution in [-0.4, -0.2) is 97.9 Å². The zero-order valence-corrected chi connectivity index (χ0v) is 21.9. The van der Waals surface area contributed by atoms with Crippen LogP contribution in [0.2, 0.25) is 0 Å². The molecular weight excluding hydrogens is 473 g/mol. The first kappa shape index (κ1) is 26.0. The number of amides is 1. The molecule has 0 radical (unpaired) electrons. The quantitative estimate of drug-likeness (QED) is 0.638. The SMILES string of the molecule is CC1COCCN1C[C@H]1CN[C@H](C)CN1CC(=O)N1CCCOc2ncc(Cc3ccc(F)cc3)cc21. The number of anilines is 1. The number of rotatable bonds is 6. The maximum atomic E-state index is 13.8. The van der Waals surface area contributed by atoms with Gasteiger partial charge in [0.25, 0.3) is 0 Å². The van der Waals surface area contributed by atoms with Gasteiger partial charge in [0.2, 0.25) is 11.8 Å². The van der Waals surface area contributed by atoms with Crippen LogP contribution in [0, 0.1) is 5.82 Å². The minimum Gasteiger partial charge on any atom is -0.476 e. The second-order valence-corrected chi connectivity index (χ2v) is 10.5. The highest BCUT2D eigenvalue weighted by atomic mass is 19.1. The van der Waals surface area contributed by atoms with E-state index in [0.29, 0.717) is 44.1 Å². The molecule has 1 aromatic heterocycles. The molecule has 1 unspecified atom stereocenters. The number of pyridine rings is 1. The standard InChI is InChI=1S/C28H38FN5O3/c1-20-16-33(25(15-30-20)17-32-9-11-36-19-21(32)2)18-27(35)34-8-3-10-37-28-26(34)13-23(14-31-28)12-22-4-6-24(29)7-5-22/h4-7,13-14,20-21,25,30H,3,8-12,15-19H2,1-2H3/t20-,21?,25-/m1/s1. The molecule has 37 heavy (non-hydrogen) atoms. The normalized spacial score (nSPS) is 25.3. The van der Waals surface area contributed by atoms with Crippen molar-refractivity contribution in [3.8, 4) is 5.88 Å². The lowest BCUT2D eigenvalue weighted by Crippen LogP contribution is -2.62. The fourth-order valence-electron chi connectivity index (χ4n) is 5.46. The molecule has 8 nitrogen and oxygen atoms in total. The summed E-state index contributed by atoms with van der Waals surface area (Å²) < 4.78 is 24.9. The molecule has 3 aliphatic rings. The summed E-state index contributed by atoms with van der Waals surface area (Å²) in [5, 5.41) is 3.60. The van der Waals surface area contributed by atoms with Crippen molar-refractivity contribution in [2.24, 2.45) is 0 Å². The largest absolute Gasteiger partial charge is 0.476 e. The number of ether oxygens (including phenoxy) is 2. The molecule has 3 atom stereocenters. The summed E-state index contributed by atoms with van der Waals surface area (Å²) in [6.45, 7) is 10.9. The van der Waals surface area contributed by atoms with Gasteiger partial charge in [0.15, 0.2) is 0 Å². The number of fused-ring (bicyclic) bond motifs is 1. The topological polar surface area (TPSA) is 70.2 Å². The number of morpholine rings is 1. The van der Waals surface area contributed by atoms with Crippen molar-refractivity contribution < 1.29 is 18.7 Å². The van der Waals surface area contributed by atoms with Crippen molar-refractivity contribution >= 4 is 11.6 Å². The highest BCUT2D eigenvalue weighted by Gasteiger charge is 2.33. The lowest BCUT2D eigenvalue weighted by Gasteiger charge is -2.43. The molecule has 2 fully saturated rings. The summed E-state index contributed by atoms with van der Waals surface area (Å²) in [4.78, 5) is 25.0. The number of benzene rings is 1. The zero-order valence-electron chi connectivity index (χ0n) is 21.9. The number of aromatic nitrogens is 1. The fraction of sp³-hybridized carbons (Fsp3) is 0.571. The summed E-state index contributed by atoms with van der Waals surface area (Å²) in [5.41, 5.74) is 2.68. The van der Waals surface area contributed by atoms with E-state index in [1.807, 2.05) is 11.0 Å². The van der Waals surface area contributed by atoms with Gasteiger partial charge in [0, 0.05) is 57.0 Å². The Morgan fingerprint density at radius 3 is 2.78 bits per heavy atom. The number of carbonyl (C=O) groups is 1. The van der Waals surface area contributed by atoms with E-state index in [0.717, 1.165) is 62.6 Å². The number of nitrogens with one attached hydrogen (secondary N) is 1. The number of hydrogen-bond acceptors (Lipinski definition) is 7. The van der Waals surface area contributed by atoms with E-state index in [4.69, 9.17) is 9.47 Å². The van der Waals surface area contributed by atoms with Gasteiger partial charge in [0.05, 0.1) is 26.4 Å². The summed E-state index contributed by atoms with van der Waals surface area (Å²) in [5.74, 6) is 0.320. The number of halogens is 1. The van der Waals surface area contributed by atoms with Gasteiger partial charge in [-0.15, -0.1) is 0 Å². The maximum absolute atomic E-state index is 13.8. The number of carbonyl (C=O) groups excluding carboxylic acids is 1. The Morgan fingerprint density at radius 2 is 1.97 bits per heavy atom. The molecule has 1 N–H and O–H groups in total. The Morgan fingerprint density at radius 1 is 1.14 bits per heavy atom. The van der Waals surface area contributed by atoms with Gasteiger partial charge in [-0.05, 0) is 56.0 Å². The van der Waals surface area contributed by atoms with Gasteiger partial charge >= 0.3 is 0 Å². The fourth-order valence-corrected chi connectivity index (χ4v) is 5.46. The van der Waals surface area contributed by atoms with E-state index < -0.39 is 0 Å². The highest BCUT2D eigenvalue weighted by molar-refractivity contribution is 5.96. The van der Waals surface area contributed by atoms with Gasteiger partial charge in [-0.3, -0.25) is 14.6 Å². The van der Waals surface area contributed by atoms with E-state index in [2.05, 4.69) is 33.9 Å². The Balaban J connectivity index is 1.32. The first-order valence-electron chi connectivity index (χ1n) is 13.4. The molecule has 0 spiro atoms. The van der Waals surface area contributed by atoms with Crippen LogP contribution in [-0.2, 0) is 16.0 Å². The molecule has 4 heterocycles. The molecule has 9 heteroatoms. The van der Waals surface area contributed by atoms with Crippen LogP contribution < -0.4 is 15.0 Å². The lowest BCUT2D eigenvalue weighted by molar-refractivity contribution is -0.121. The summed E-state index contributed by atoms with van der Waals surface area (Å²) in [7, 11) is 0. The number of nitrogens with zero attached hydrogens (tertiary/aromatic N) is 4. The molecule has 1 amide bonds. The van der Waals surface area contributed by atoms with E-state index in [9.17, 15) is 9.18 Å². The Bertz CT molecular complexity index is 1070. The predicted octanol–water partition coefficient (Wildman–Crippen LogP) is 2.31. The third kappa shape index (κ3) is 6.46. The van der Waals surface area contributed by atoms with Crippen molar-refractivity contribution in [3.05, 3.63) is 53.5 Å². The molecule has 1 aromatic carbocycles. The Labute approximate surface area is 218 Å².